The van der Waals surface area contributed by atoms with Gasteiger partial charge < -0.3 is 18.9 Å². The Labute approximate surface area is 176 Å². The number of ether oxygens (including phenoxy) is 4. The second kappa shape index (κ2) is 7.52. The molecule has 2 fully saturated rings. The van der Waals surface area contributed by atoms with Gasteiger partial charge in [-0.1, -0.05) is 13.8 Å². The quantitative estimate of drug-likeness (QED) is 0.756. The topological polar surface area (TPSA) is 132 Å². The summed E-state index contributed by atoms with van der Waals surface area (Å²) in [6.45, 7) is 3.80. The molecule has 156 valence electrons. The van der Waals surface area contributed by atoms with Crippen LogP contribution in [0.15, 0.2) is 18.2 Å². The zero-order valence-corrected chi connectivity index (χ0v) is 17.5. The number of hydrogen-bond donors (Lipinski definition) is 1. The van der Waals surface area contributed by atoms with Gasteiger partial charge in [0.15, 0.2) is 5.41 Å². The van der Waals surface area contributed by atoms with Crippen LogP contribution in [0.2, 0.25) is 0 Å². The molecule has 0 aromatic heterocycles. The molecule has 3 rings (SSSR count). The maximum atomic E-state index is 10.3. The van der Waals surface area contributed by atoms with E-state index in [0.717, 1.165) is 0 Å². The van der Waals surface area contributed by atoms with Crippen LogP contribution in [0.4, 0.5) is 0 Å². The van der Waals surface area contributed by atoms with Gasteiger partial charge in [0.05, 0.1) is 38.3 Å². The van der Waals surface area contributed by atoms with E-state index in [1.165, 1.54) is 14.2 Å². The van der Waals surface area contributed by atoms with Crippen LogP contribution in [0.3, 0.4) is 0 Å². The van der Waals surface area contributed by atoms with E-state index in [1.807, 2.05) is 13.8 Å². The molecule has 4 unspecified atom stereocenters. The first-order valence-electron chi connectivity index (χ1n) is 9.81. The van der Waals surface area contributed by atoms with Crippen LogP contribution in [0.25, 0.3) is 0 Å². The third-order valence-electron chi connectivity index (χ3n) is 6.28. The van der Waals surface area contributed by atoms with E-state index in [-0.39, 0.29) is 5.90 Å². The first-order chi connectivity index (χ1) is 14.4. The number of nitrogens with one attached hydrogen (secondary N) is 1. The van der Waals surface area contributed by atoms with Gasteiger partial charge in [0.2, 0.25) is 17.1 Å². The molecular weight excluding hydrogens is 384 g/mol. The van der Waals surface area contributed by atoms with Crippen LogP contribution in [0.5, 0.6) is 11.5 Å². The van der Waals surface area contributed by atoms with E-state index < -0.39 is 28.6 Å². The maximum absolute atomic E-state index is 10.3. The standard InChI is InChI=1S/C22H24N4O4/c1-5-9-22-17(6-2)21(13-25,19(26)30-22)20(11-23,12-24)18(29-22)15-8-7-14(27-3)10-16(15)28-4/h7-8,10,17-18,26H,5-6,9H2,1-4H3. The summed E-state index contributed by atoms with van der Waals surface area (Å²) in [7, 11) is 2.98. The highest BCUT2D eigenvalue weighted by Gasteiger charge is 2.79. The van der Waals surface area contributed by atoms with E-state index in [2.05, 4.69) is 18.2 Å². The molecule has 2 heterocycles. The molecule has 2 aliphatic rings. The molecule has 1 N–H and O–H groups in total. The average molecular weight is 408 g/mol. The van der Waals surface area contributed by atoms with Crippen molar-refractivity contribution < 1.29 is 18.9 Å². The van der Waals surface area contributed by atoms with E-state index >= 15 is 0 Å². The number of nitriles is 3. The van der Waals surface area contributed by atoms with Gasteiger partial charge in [0.25, 0.3) is 0 Å². The largest absolute Gasteiger partial charge is 0.497 e. The van der Waals surface area contributed by atoms with Crippen molar-refractivity contribution in [3.8, 4) is 29.7 Å². The van der Waals surface area contributed by atoms with Crippen LogP contribution in [0, 0.1) is 56.2 Å². The van der Waals surface area contributed by atoms with Gasteiger partial charge in [-0.3, -0.25) is 5.41 Å². The summed E-state index contributed by atoms with van der Waals surface area (Å²) in [5.74, 6) is -1.41. The highest BCUT2D eigenvalue weighted by atomic mass is 16.7. The van der Waals surface area contributed by atoms with Gasteiger partial charge in [-0.05, 0) is 25.0 Å². The van der Waals surface area contributed by atoms with Crippen molar-refractivity contribution in [3.63, 3.8) is 0 Å². The minimum absolute atomic E-state index is 0.356. The van der Waals surface area contributed by atoms with Crippen molar-refractivity contribution >= 4 is 5.90 Å². The lowest BCUT2D eigenvalue weighted by Gasteiger charge is -2.49. The molecule has 8 nitrogen and oxygen atoms in total. The zero-order valence-electron chi connectivity index (χ0n) is 17.5. The van der Waals surface area contributed by atoms with E-state index in [4.69, 9.17) is 24.4 Å². The Morgan fingerprint density at radius 1 is 1.10 bits per heavy atom. The Balaban J connectivity index is 2.36. The summed E-state index contributed by atoms with van der Waals surface area (Å²) in [5, 5.41) is 39.4. The monoisotopic (exact) mass is 408 g/mol. The van der Waals surface area contributed by atoms with Crippen molar-refractivity contribution in [1.29, 1.82) is 21.2 Å². The molecule has 0 radical (unpaired) electrons. The normalized spacial score (nSPS) is 31.0. The smallest absolute Gasteiger partial charge is 0.217 e. The van der Waals surface area contributed by atoms with Gasteiger partial charge in [0, 0.05) is 18.1 Å². The summed E-state index contributed by atoms with van der Waals surface area (Å²) in [6.07, 6.45) is 0.335. The van der Waals surface area contributed by atoms with Crippen molar-refractivity contribution in [2.24, 2.45) is 16.7 Å². The Morgan fingerprint density at radius 2 is 1.80 bits per heavy atom. The maximum Gasteiger partial charge on any atom is 0.217 e. The number of hydrogen-bond acceptors (Lipinski definition) is 8. The molecule has 0 saturated carbocycles. The van der Waals surface area contributed by atoms with Gasteiger partial charge in [-0.15, -0.1) is 0 Å². The fourth-order valence-corrected chi connectivity index (χ4v) is 4.98. The minimum Gasteiger partial charge on any atom is -0.497 e. The fourth-order valence-electron chi connectivity index (χ4n) is 4.98. The second-order valence-electron chi connectivity index (χ2n) is 7.51. The lowest BCUT2D eigenvalue weighted by Crippen LogP contribution is -2.59. The predicted octanol–water partition coefficient (Wildman–Crippen LogP) is 3.85. The van der Waals surface area contributed by atoms with E-state index in [9.17, 15) is 15.8 Å². The first kappa shape index (κ1) is 21.4. The summed E-state index contributed by atoms with van der Waals surface area (Å²) in [5.41, 5.74) is -3.35. The Bertz CT molecular complexity index is 974. The zero-order chi connectivity index (χ0) is 22.2. The Morgan fingerprint density at radius 3 is 2.30 bits per heavy atom. The second-order valence-corrected chi connectivity index (χ2v) is 7.51. The van der Waals surface area contributed by atoms with Gasteiger partial charge in [0.1, 0.15) is 17.6 Å². The van der Waals surface area contributed by atoms with Crippen molar-refractivity contribution in [3.05, 3.63) is 23.8 Å². The molecule has 0 spiro atoms. The molecule has 0 amide bonds. The third-order valence-corrected chi connectivity index (χ3v) is 6.28. The van der Waals surface area contributed by atoms with Crippen molar-refractivity contribution in [2.45, 2.75) is 45.0 Å². The van der Waals surface area contributed by atoms with Crippen LogP contribution in [-0.2, 0) is 9.47 Å². The predicted molar refractivity (Wildman–Crippen MR) is 105 cm³/mol. The van der Waals surface area contributed by atoms with Crippen LogP contribution in [-0.4, -0.2) is 25.9 Å². The summed E-state index contributed by atoms with van der Waals surface area (Å²) in [4.78, 5) is 0. The Hall–Kier alpha value is -3.28. The summed E-state index contributed by atoms with van der Waals surface area (Å²) in [6, 6.07) is 11.2. The molecule has 4 atom stereocenters. The minimum atomic E-state index is -2.00. The molecule has 8 heteroatoms. The number of benzene rings is 1. The summed E-state index contributed by atoms with van der Waals surface area (Å²) >= 11 is 0. The molecule has 30 heavy (non-hydrogen) atoms. The van der Waals surface area contributed by atoms with Crippen LogP contribution >= 0.6 is 0 Å². The molecule has 1 aromatic rings. The lowest BCUT2D eigenvalue weighted by molar-refractivity contribution is -0.286. The molecule has 2 aliphatic heterocycles. The van der Waals surface area contributed by atoms with Gasteiger partial charge in [-0.25, -0.2) is 0 Å². The van der Waals surface area contributed by atoms with Gasteiger partial charge >= 0.3 is 0 Å². The third kappa shape index (κ3) is 2.43. The summed E-state index contributed by atoms with van der Waals surface area (Å²) < 4.78 is 23.1. The lowest BCUT2D eigenvalue weighted by atomic mass is 9.52. The molecule has 2 saturated heterocycles. The number of methoxy groups -OCH3 is 2. The van der Waals surface area contributed by atoms with E-state index in [0.29, 0.717) is 36.3 Å². The van der Waals surface area contributed by atoms with Crippen LogP contribution < -0.4 is 9.47 Å². The SMILES string of the molecule is CCCC12OC(=N)C(C#N)(C1CC)C(C#N)(C#N)C(c1ccc(OC)cc1OC)O2. The molecule has 0 aliphatic carbocycles. The molecular formula is C22H24N4O4. The van der Waals surface area contributed by atoms with Crippen molar-refractivity contribution in [2.75, 3.05) is 14.2 Å². The van der Waals surface area contributed by atoms with Crippen LogP contribution in [0.1, 0.15) is 44.8 Å². The Kier molecular flexibility index (Phi) is 5.37. The van der Waals surface area contributed by atoms with Crippen molar-refractivity contribution in [1.82, 2.24) is 0 Å². The molecule has 1 aromatic carbocycles. The first-order valence-corrected chi connectivity index (χ1v) is 9.81. The number of nitrogens with zero attached hydrogens (tertiary/aromatic N) is 3. The highest BCUT2D eigenvalue weighted by molar-refractivity contribution is 5.89. The fraction of sp³-hybridized carbons (Fsp3) is 0.545. The number of fused-ring (bicyclic) bond motifs is 2. The van der Waals surface area contributed by atoms with E-state index in [1.54, 1.807) is 18.2 Å². The average Bonchev–Trinajstić information content (AvgIpc) is 2.96. The highest BCUT2D eigenvalue weighted by Crippen LogP contribution is 2.68. The molecule has 2 bridgehead atoms. The van der Waals surface area contributed by atoms with Gasteiger partial charge in [-0.2, -0.15) is 15.8 Å². The number of rotatable bonds is 6.